The highest BCUT2D eigenvalue weighted by Gasteiger charge is 2.57. The van der Waals surface area contributed by atoms with E-state index in [1.807, 2.05) is 6.07 Å². The number of piperidine rings is 1. The molecule has 0 aliphatic carbocycles. The molecule has 4 heterocycles. The van der Waals surface area contributed by atoms with Gasteiger partial charge in [-0.15, -0.1) is 10.2 Å². The molecule has 2 N–H and O–H groups in total. The van der Waals surface area contributed by atoms with E-state index in [1.54, 1.807) is 47.4 Å². The number of hydrogen-bond acceptors (Lipinski definition) is 8. The molecule has 2 aliphatic rings. The number of rotatable bonds is 5. The second-order valence-corrected chi connectivity index (χ2v) is 8.22. The number of fused-ring (bicyclic) bond motifs is 2. The molecular weight excluding hydrogens is 420 g/mol. The summed E-state index contributed by atoms with van der Waals surface area (Å²) in [6.45, 7) is 0. The summed E-state index contributed by atoms with van der Waals surface area (Å²) in [7, 11) is 3.32. The van der Waals surface area contributed by atoms with Crippen LogP contribution >= 0.6 is 0 Å². The van der Waals surface area contributed by atoms with Gasteiger partial charge in [0.25, 0.3) is 5.92 Å². The van der Waals surface area contributed by atoms with Crippen LogP contribution in [0.2, 0.25) is 0 Å². The molecule has 0 amide bonds. The molecule has 168 valence electrons. The van der Waals surface area contributed by atoms with E-state index in [0.29, 0.717) is 11.4 Å². The van der Waals surface area contributed by atoms with Crippen LogP contribution in [0, 0.1) is 0 Å². The minimum Gasteiger partial charge on any atom is -0.507 e. The van der Waals surface area contributed by atoms with Gasteiger partial charge in [-0.2, -0.15) is 0 Å². The van der Waals surface area contributed by atoms with Crippen LogP contribution in [0.5, 0.6) is 5.75 Å². The van der Waals surface area contributed by atoms with Gasteiger partial charge in [-0.05, 0) is 18.6 Å². The average Bonchev–Trinajstić information content (AvgIpc) is 3.40. The Bertz CT molecular complexity index is 1090. The number of anilines is 1. The fourth-order valence-corrected chi connectivity index (χ4v) is 4.68. The average molecular weight is 443 g/mol. The second kappa shape index (κ2) is 7.75. The Hall–Kier alpha value is -3.18. The highest BCUT2D eigenvalue weighted by molar-refractivity contribution is 5.66. The van der Waals surface area contributed by atoms with Gasteiger partial charge in [0, 0.05) is 45.1 Å². The molecule has 0 saturated carbocycles. The largest absolute Gasteiger partial charge is 0.507 e. The van der Waals surface area contributed by atoms with Gasteiger partial charge < -0.3 is 24.6 Å². The highest BCUT2D eigenvalue weighted by atomic mass is 19.3. The summed E-state index contributed by atoms with van der Waals surface area (Å²) in [6, 6.07) is 3.50. The monoisotopic (exact) mass is 443 g/mol. The summed E-state index contributed by atoms with van der Waals surface area (Å²) in [5, 5.41) is 21.9. The van der Waals surface area contributed by atoms with E-state index < -0.39 is 24.1 Å². The first kappa shape index (κ1) is 20.7. The first-order valence-electron chi connectivity index (χ1n) is 10.3. The van der Waals surface area contributed by atoms with E-state index in [9.17, 15) is 13.9 Å². The summed E-state index contributed by atoms with van der Waals surface area (Å²) in [5.41, 5.74) is 1.18. The quantitative estimate of drug-likeness (QED) is 0.618. The normalized spacial score (nSPS) is 26.2. The third-order valence-corrected chi connectivity index (χ3v) is 6.38. The molecule has 9 nitrogen and oxygen atoms in total. The number of halogens is 2. The van der Waals surface area contributed by atoms with Crippen molar-refractivity contribution < 1.29 is 18.6 Å². The molecule has 4 atom stereocenters. The van der Waals surface area contributed by atoms with E-state index in [4.69, 9.17) is 4.74 Å². The summed E-state index contributed by atoms with van der Waals surface area (Å²) >= 11 is 0. The van der Waals surface area contributed by atoms with Crippen molar-refractivity contribution in [3.05, 3.63) is 43.1 Å². The summed E-state index contributed by atoms with van der Waals surface area (Å²) in [4.78, 5) is 10.1. The Morgan fingerprint density at radius 1 is 1.31 bits per heavy atom. The number of ether oxygens (including phenoxy) is 1. The van der Waals surface area contributed by atoms with Gasteiger partial charge in [-0.1, -0.05) is 0 Å². The number of likely N-dealkylation sites (N-methyl/N-ethyl adjacent to an activating group) is 1. The van der Waals surface area contributed by atoms with Crippen LogP contribution in [0.4, 0.5) is 14.6 Å². The predicted octanol–water partition coefficient (Wildman–Crippen LogP) is 2.02. The number of nitrogens with zero attached hydrogens (tertiary/aromatic N) is 6. The van der Waals surface area contributed by atoms with Gasteiger partial charge in [0.15, 0.2) is 11.6 Å². The molecule has 2 bridgehead atoms. The number of aromatic nitrogens is 5. The minimum absolute atomic E-state index is 0.00992. The molecule has 32 heavy (non-hydrogen) atoms. The van der Waals surface area contributed by atoms with E-state index >= 15 is 0 Å². The topological polar surface area (TPSA) is 101 Å². The number of nitrogens with one attached hydrogen (secondary N) is 1. The molecule has 2 aliphatic heterocycles. The van der Waals surface area contributed by atoms with Crippen LogP contribution in [0.1, 0.15) is 12.8 Å². The number of imidazole rings is 1. The molecule has 0 spiro atoms. The van der Waals surface area contributed by atoms with Gasteiger partial charge in [-0.25, -0.2) is 18.7 Å². The van der Waals surface area contributed by atoms with Crippen LogP contribution in [0.15, 0.2) is 43.1 Å². The van der Waals surface area contributed by atoms with Crippen LogP contribution in [0.3, 0.4) is 0 Å². The molecule has 2 saturated heterocycles. The van der Waals surface area contributed by atoms with Gasteiger partial charge >= 0.3 is 0 Å². The van der Waals surface area contributed by atoms with E-state index in [-0.39, 0.29) is 30.5 Å². The Kier molecular flexibility index (Phi) is 5.01. The number of phenols is 1. The van der Waals surface area contributed by atoms with Crippen molar-refractivity contribution in [1.29, 1.82) is 0 Å². The third kappa shape index (κ3) is 3.47. The Labute approximate surface area is 183 Å². The highest BCUT2D eigenvalue weighted by Crippen LogP contribution is 2.41. The molecule has 11 heteroatoms. The number of benzene rings is 1. The summed E-state index contributed by atoms with van der Waals surface area (Å²) in [6.07, 6.45) is 6.15. The molecule has 2 aromatic heterocycles. The fourth-order valence-electron chi connectivity index (χ4n) is 4.68. The lowest BCUT2D eigenvalue weighted by molar-refractivity contribution is -0.0139. The summed E-state index contributed by atoms with van der Waals surface area (Å²) in [5.74, 6) is -2.04. The molecule has 2 fully saturated rings. The maximum absolute atomic E-state index is 14.2. The van der Waals surface area contributed by atoms with Crippen molar-refractivity contribution in [3.8, 4) is 22.8 Å². The lowest BCUT2D eigenvalue weighted by Gasteiger charge is -2.41. The number of methoxy groups -OCH3 is 1. The second-order valence-electron chi connectivity index (χ2n) is 8.22. The fraction of sp³-hybridized carbons (Fsp3) is 0.429. The summed E-state index contributed by atoms with van der Waals surface area (Å²) < 4.78 is 35.8. The maximum Gasteiger partial charge on any atom is 0.264 e. The Balaban J connectivity index is 1.37. The van der Waals surface area contributed by atoms with E-state index in [2.05, 4.69) is 25.5 Å². The van der Waals surface area contributed by atoms with Crippen molar-refractivity contribution in [2.75, 3.05) is 19.1 Å². The lowest BCUT2D eigenvalue weighted by Crippen LogP contribution is -2.59. The van der Waals surface area contributed by atoms with E-state index in [0.717, 1.165) is 5.69 Å². The third-order valence-electron chi connectivity index (χ3n) is 6.38. The van der Waals surface area contributed by atoms with Crippen molar-refractivity contribution in [3.63, 3.8) is 0 Å². The lowest BCUT2D eigenvalue weighted by atomic mass is 9.95. The number of alkyl halides is 2. The van der Waals surface area contributed by atoms with Gasteiger partial charge in [-0.3, -0.25) is 0 Å². The number of hydrogen-bond donors (Lipinski definition) is 2. The van der Waals surface area contributed by atoms with Crippen LogP contribution in [-0.4, -0.2) is 74.1 Å². The zero-order valence-corrected chi connectivity index (χ0v) is 17.6. The molecule has 0 unspecified atom stereocenters. The SMILES string of the molecule is CO[C@H]1[C@H]2CC(F)(F)[C@@H](C[C@@H]1N(C)c1cnc(-c3ccc(-n4ccnc4)cc3O)nn1)N2. The molecular formula is C21H23F2N7O2. The van der Waals surface area contributed by atoms with Gasteiger partial charge in [0.1, 0.15) is 5.75 Å². The Morgan fingerprint density at radius 2 is 2.16 bits per heavy atom. The zero-order chi connectivity index (χ0) is 22.5. The Morgan fingerprint density at radius 3 is 2.81 bits per heavy atom. The molecule has 0 radical (unpaired) electrons. The first-order valence-corrected chi connectivity index (χ1v) is 10.3. The van der Waals surface area contributed by atoms with Crippen molar-refractivity contribution in [1.82, 2.24) is 30.0 Å². The molecule has 1 aromatic carbocycles. The van der Waals surface area contributed by atoms with Crippen LogP contribution in [0.25, 0.3) is 17.1 Å². The van der Waals surface area contributed by atoms with Crippen LogP contribution < -0.4 is 10.2 Å². The maximum atomic E-state index is 14.2. The minimum atomic E-state index is -2.76. The number of aromatic hydroxyl groups is 1. The standard InChI is InChI=1S/C21H23F2N7O2/c1-29(15-8-17-21(22,23)9-14(26-17)19(15)32-2)18-10-25-20(28-27-18)13-4-3-12(7-16(13)31)30-6-5-24-11-30/h3-7,10-11,14-15,17,19,26,31H,8-9H2,1-2H3/t14-,15+,17-,19+/m1/s1. The van der Waals surface area contributed by atoms with Crippen molar-refractivity contribution >= 4 is 5.82 Å². The zero-order valence-electron chi connectivity index (χ0n) is 17.6. The smallest absolute Gasteiger partial charge is 0.264 e. The number of phenolic OH excluding ortho intramolecular Hbond substituents is 1. The van der Waals surface area contributed by atoms with E-state index in [1.165, 1.54) is 13.3 Å². The van der Waals surface area contributed by atoms with Crippen molar-refractivity contribution in [2.24, 2.45) is 0 Å². The molecule has 5 rings (SSSR count). The first-order chi connectivity index (χ1) is 15.4. The van der Waals surface area contributed by atoms with Gasteiger partial charge in [0.2, 0.25) is 0 Å². The van der Waals surface area contributed by atoms with Crippen LogP contribution in [-0.2, 0) is 4.74 Å². The van der Waals surface area contributed by atoms with Crippen molar-refractivity contribution in [2.45, 2.75) is 43.0 Å². The van der Waals surface area contributed by atoms with Gasteiger partial charge in [0.05, 0.1) is 42.0 Å². The molecule has 3 aromatic rings. The predicted molar refractivity (Wildman–Crippen MR) is 112 cm³/mol.